The molecule has 0 spiro atoms. The highest BCUT2D eigenvalue weighted by molar-refractivity contribution is 6.18. The third kappa shape index (κ3) is 4.82. The number of hydrogen-bond donors (Lipinski definition) is 0. The van der Waals surface area contributed by atoms with Crippen molar-refractivity contribution in [1.29, 1.82) is 10.5 Å². The Bertz CT molecular complexity index is 4240. The average molecular weight is 840 g/mol. The van der Waals surface area contributed by atoms with E-state index in [0.717, 1.165) is 109 Å². The molecule has 0 aliphatic rings. The van der Waals surface area contributed by atoms with E-state index in [1.165, 1.54) is 0 Å². The molecule has 4 heterocycles. The Morgan fingerprint density at radius 1 is 0.318 bits per heavy atom. The van der Waals surface area contributed by atoms with Gasteiger partial charge in [0.2, 0.25) is 0 Å². The number of hydrogen-bond acceptors (Lipinski definition) is 3. The van der Waals surface area contributed by atoms with Crippen molar-refractivity contribution in [2.45, 2.75) is 0 Å². The van der Waals surface area contributed by atoms with Gasteiger partial charge < -0.3 is 18.1 Å². The van der Waals surface area contributed by atoms with E-state index >= 15 is 0 Å². The van der Waals surface area contributed by atoms with Crippen LogP contribution in [0.2, 0.25) is 0 Å². The minimum atomic E-state index is 0.380. The first kappa shape index (κ1) is 36.2. The van der Waals surface area contributed by atoms with Gasteiger partial charge in [0.1, 0.15) is 34.4 Å². The van der Waals surface area contributed by atoms with E-state index in [9.17, 15) is 10.5 Å². The first-order valence-corrected chi connectivity index (χ1v) is 22.1. The lowest BCUT2D eigenvalue weighted by Gasteiger charge is -2.26. The molecule has 0 amide bonds. The molecule has 14 aromatic rings. The number of fused-ring (bicyclic) bond motifs is 13. The third-order valence-corrected chi connectivity index (χ3v) is 13.7. The van der Waals surface area contributed by atoms with Crippen molar-refractivity contribution in [3.05, 3.63) is 211 Å². The van der Waals surface area contributed by atoms with Crippen LogP contribution >= 0.6 is 0 Å². The van der Waals surface area contributed by atoms with Crippen LogP contribution in [0.15, 0.2) is 205 Å². The fourth-order valence-electron chi connectivity index (χ4n) is 11.0. The second kappa shape index (κ2) is 13.6. The second-order valence-electron chi connectivity index (χ2n) is 17.0. The van der Waals surface area contributed by atoms with Crippen molar-refractivity contribution in [3.63, 3.8) is 0 Å². The van der Waals surface area contributed by atoms with Gasteiger partial charge in [0, 0.05) is 48.7 Å². The van der Waals surface area contributed by atoms with Gasteiger partial charge in [-0.25, -0.2) is 0 Å². The highest BCUT2D eigenvalue weighted by Crippen LogP contribution is 2.49. The summed E-state index contributed by atoms with van der Waals surface area (Å²) in [6, 6.07) is 74.8. The molecular weight excluding hydrogens is 807 g/mol. The van der Waals surface area contributed by atoms with Crippen LogP contribution in [-0.4, -0.2) is 13.7 Å². The molecule has 0 aliphatic carbocycles. The Kier molecular flexibility index (Phi) is 7.43. The van der Waals surface area contributed by atoms with Gasteiger partial charge >= 0.3 is 0 Å². The summed E-state index contributed by atoms with van der Waals surface area (Å²) in [6.07, 6.45) is 0. The monoisotopic (exact) mass is 839 g/mol. The van der Waals surface area contributed by atoms with Gasteiger partial charge in [0.05, 0.1) is 50.2 Å². The number of benzene rings is 10. The number of furan rings is 1. The molecule has 10 aromatic carbocycles. The maximum Gasteiger partial charge on any atom is 0.136 e. The molecule has 6 nitrogen and oxygen atoms in total. The van der Waals surface area contributed by atoms with Gasteiger partial charge in [-0.15, -0.1) is 0 Å². The van der Waals surface area contributed by atoms with Crippen LogP contribution < -0.4 is 0 Å². The van der Waals surface area contributed by atoms with E-state index in [4.69, 9.17) is 4.42 Å². The minimum absolute atomic E-state index is 0.380. The van der Waals surface area contributed by atoms with Gasteiger partial charge in [-0.3, -0.25) is 0 Å². The quantitative estimate of drug-likeness (QED) is 0.177. The van der Waals surface area contributed by atoms with E-state index in [2.05, 4.69) is 196 Å². The zero-order valence-corrected chi connectivity index (χ0v) is 35.2. The predicted molar refractivity (Wildman–Crippen MR) is 269 cm³/mol. The molecule has 6 heteroatoms. The van der Waals surface area contributed by atoms with E-state index in [0.29, 0.717) is 28.2 Å². The summed E-state index contributed by atoms with van der Waals surface area (Å²) in [5.41, 5.74) is 11.4. The molecule has 0 saturated heterocycles. The SMILES string of the molecule is N#Cc1c(-n2c3ccccc3c3cc4oc5ccccc5c4cc32)c(C#N)c(-n2c3ccccc3c3ccccc32)c(-c2ccc3ccccc3c2)c1-n1c2ccccc2c2ccccc21. The fraction of sp³-hybridized carbons (Fsp3) is 0. The second-order valence-corrected chi connectivity index (χ2v) is 17.0. The summed E-state index contributed by atoms with van der Waals surface area (Å²) >= 11 is 0. The van der Waals surface area contributed by atoms with Gasteiger partial charge in [-0.1, -0.05) is 146 Å². The lowest BCUT2D eigenvalue weighted by molar-refractivity contribution is 0.669. The van der Waals surface area contributed by atoms with Gasteiger partial charge in [-0.05, 0) is 70.9 Å². The number of nitriles is 2. The number of para-hydroxylation sites is 6. The van der Waals surface area contributed by atoms with Crippen LogP contribution in [-0.2, 0) is 0 Å². The summed E-state index contributed by atoms with van der Waals surface area (Å²) in [5.74, 6) is 0. The molecule has 0 bridgehead atoms. The van der Waals surface area contributed by atoms with Gasteiger partial charge in [-0.2, -0.15) is 10.5 Å². The summed E-state index contributed by atoms with van der Waals surface area (Å²) in [6.45, 7) is 0. The largest absolute Gasteiger partial charge is 0.456 e. The van der Waals surface area contributed by atoms with E-state index in [1.54, 1.807) is 0 Å². The van der Waals surface area contributed by atoms with Crippen molar-refractivity contribution in [2.24, 2.45) is 0 Å². The number of aromatic nitrogens is 3. The molecule has 14 rings (SSSR count). The van der Waals surface area contributed by atoms with Crippen molar-refractivity contribution in [3.8, 4) is 40.3 Å². The Labute approximate surface area is 376 Å². The Balaban J connectivity index is 1.29. The first-order chi connectivity index (χ1) is 32.7. The highest BCUT2D eigenvalue weighted by Gasteiger charge is 2.33. The Morgan fingerprint density at radius 2 is 0.742 bits per heavy atom. The van der Waals surface area contributed by atoms with Crippen LogP contribution in [0.25, 0.3) is 126 Å². The van der Waals surface area contributed by atoms with Crippen LogP contribution in [0.5, 0.6) is 0 Å². The van der Waals surface area contributed by atoms with Crippen LogP contribution in [0.1, 0.15) is 11.1 Å². The lowest BCUT2D eigenvalue weighted by Crippen LogP contribution is -2.14. The molecule has 0 saturated carbocycles. The Morgan fingerprint density at radius 3 is 1.26 bits per heavy atom. The summed E-state index contributed by atoms with van der Waals surface area (Å²) in [5, 5.41) is 34.7. The van der Waals surface area contributed by atoms with Crippen LogP contribution in [0.4, 0.5) is 0 Å². The summed E-state index contributed by atoms with van der Waals surface area (Å²) in [7, 11) is 0. The molecule has 66 heavy (non-hydrogen) atoms. The van der Waals surface area contributed by atoms with Crippen molar-refractivity contribution < 1.29 is 4.42 Å². The van der Waals surface area contributed by atoms with Crippen LogP contribution in [0, 0.1) is 22.7 Å². The van der Waals surface area contributed by atoms with Gasteiger partial charge in [0.15, 0.2) is 0 Å². The molecule has 0 radical (unpaired) electrons. The fourth-order valence-corrected chi connectivity index (χ4v) is 11.0. The Hall–Kier alpha value is -9.36. The van der Waals surface area contributed by atoms with E-state index in [1.807, 2.05) is 30.3 Å². The zero-order valence-electron chi connectivity index (χ0n) is 35.2. The van der Waals surface area contributed by atoms with E-state index in [-0.39, 0.29) is 0 Å². The number of rotatable bonds is 4. The normalized spacial score (nSPS) is 11.9. The minimum Gasteiger partial charge on any atom is -0.456 e. The lowest BCUT2D eigenvalue weighted by atomic mass is 9.90. The smallest absolute Gasteiger partial charge is 0.136 e. The standard InChI is InChI=1S/C60H33N5O/c61-34-47-58(65-53-27-13-7-21-43(53)45-33-56-46(32-54(45)65)44-22-8-14-28-55(44)66-56)48(35-62)60(64-51-25-11-5-19-41(51)42-20-6-12-26-52(42)64)57(38-30-29-36-15-1-2-16-37(36)31-38)59(47)63-49-23-9-3-17-39(49)40-18-4-10-24-50(40)63/h1-33H. The molecule has 304 valence electrons. The topological polar surface area (TPSA) is 75.5 Å². The third-order valence-electron chi connectivity index (χ3n) is 13.7. The van der Waals surface area contributed by atoms with Crippen molar-refractivity contribution in [1.82, 2.24) is 13.7 Å². The number of nitrogens with zero attached hydrogens (tertiary/aromatic N) is 5. The molecule has 4 aromatic heterocycles. The molecule has 0 N–H and O–H groups in total. The molecule has 0 fully saturated rings. The maximum absolute atomic E-state index is 12.2. The van der Waals surface area contributed by atoms with Crippen molar-refractivity contribution >= 4 is 98.1 Å². The van der Waals surface area contributed by atoms with Crippen molar-refractivity contribution in [2.75, 3.05) is 0 Å². The molecule has 0 atom stereocenters. The molecular formula is C60H33N5O. The van der Waals surface area contributed by atoms with Gasteiger partial charge in [0.25, 0.3) is 0 Å². The maximum atomic E-state index is 12.2. The average Bonchev–Trinajstić information content (AvgIpc) is 4.11. The first-order valence-electron chi connectivity index (χ1n) is 22.1. The highest BCUT2D eigenvalue weighted by atomic mass is 16.3. The predicted octanol–water partition coefficient (Wildman–Crippen LogP) is 15.4. The molecule has 0 unspecified atom stereocenters. The summed E-state index contributed by atoms with van der Waals surface area (Å²) in [4.78, 5) is 0. The van der Waals surface area contributed by atoms with E-state index < -0.39 is 0 Å². The zero-order chi connectivity index (χ0) is 43.6. The van der Waals surface area contributed by atoms with Crippen LogP contribution in [0.3, 0.4) is 0 Å². The molecule has 0 aliphatic heterocycles. The summed E-state index contributed by atoms with van der Waals surface area (Å²) < 4.78 is 13.2.